The number of aliphatic imine (C=N–C) groups is 1. The van der Waals surface area contributed by atoms with E-state index in [0.717, 1.165) is 31.2 Å². The van der Waals surface area contributed by atoms with Gasteiger partial charge in [-0.1, -0.05) is 0 Å². The molecular formula is C15H30IN5O. The number of nitrogens with zero attached hydrogens (tertiary/aromatic N) is 3. The highest BCUT2D eigenvalue weighted by molar-refractivity contribution is 14.0. The lowest BCUT2D eigenvalue weighted by Gasteiger charge is -2.24. The summed E-state index contributed by atoms with van der Waals surface area (Å²) in [6.07, 6.45) is 0.996. The van der Waals surface area contributed by atoms with Gasteiger partial charge in [-0.25, -0.2) is 0 Å². The molecule has 0 amide bonds. The summed E-state index contributed by atoms with van der Waals surface area (Å²) >= 11 is 0. The summed E-state index contributed by atoms with van der Waals surface area (Å²) in [5.41, 5.74) is 2.07. The number of aromatic nitrogens is 2. The summed E-state index contributed by atoms with van der Waals surface area (Å²) < 4.78 is 7.42. The Hall–Kier alpha value is -0.830. The Morgan fingerprint density at radius 3 is 2.55 bits per heavy atom. The second-order valence-corrected chi connectivity index (χ2v) is 5.82. The van der Waals surface area contributed by atoms with Gasteiger partial charge in [0.05, 0.1) is 11.3 Å². The standard InChI is InChI=1S/C15H29N5O.HI/c1-12-10-13(2)20(19-12)9-7-8-17-14(16-5)18-11-15(3,4)21-6;/h10H,7-9,11H2,1-6H3,(H2,16,17,18);1H. The summed E-state index contributed by atoms with van der Waals surface area (Å²) in [5.74, 6) is 0.800. The van der Waals surface area contributed by atoms with Crippen LogP contribution in [0.25, 0.3) is 0 Å². The number of hydrogen-bond acceptors (Lipinski definition) is 3. The molecule has 128 valence electrons. The first-order chi connectivity index (χ1) is 9.88. The number of ether oxygens (including phenoxy) is 1. The lowest BCUT2D eigenvalue weighted by molar-refractivity contribution is 0.0268. The van der Waals surface area contributed by atoms with Crippen molar-refractivity contribution in [2.45, 2.75) is 46.3 Å². The first kappa shape index (κ1) is 21.2. The summed E-state index contributed by atoms with van der Waals surface area (Å²) in [7, 11) is 3.49. The molecular weight excluding hydrogens is 393 g/mol. The van der Waals surface area contributed by atoms with E-state index in [-0.39, 0.29) is 29.6 Å². The number of hydrogen-bond donors (Lipinski definition) is 2. The Morgan fingerprint density at radius 1 is 1.36 bits per heavy atom. The van der Waals surface area contributed by atoms with Gasteiger partial charge in [-0.2, -0.15) is 5.10 Å². The van der Waals surface area contributed by atoms with Crippen molar-refractivity contribution in [3.05, 3.63) is 17.5 Å². The van der Waals surface area contributed by atoms with Gasteiger partial charge < -0.3 is 15.4 Å². The van der Waals surface area contributed by atoms with Crippen LogP contribution in [0.3, 0.4) is 0 Å². The van der Waals surface area contributed by atoms with Crippen LogP contribution in [-0.2, 0) is 11.3 Å². The summed E-state index contributed by atoms with van der Waals surface area (Å²) in [4.78, 5) is 4.21. The van der Waals surface area contributed by atoms with E-state index in [1.807, 2.05) is 25.5 Å². The third kappa shape index (κ3) is 7.44. The Labute approximate surface area is 151 Å². The van der Waals surface area contributed by atoms with Crippen LogP contribution in [-0.4, -0.2) is 48.6 Å². The third-order valence-corrected chi connectivity index (χ3v) is 3.40. The zero-order valence-corrected chi connectivity index (χ0v) is 16.9. The Bertz CT molecular complexity index is 470. The van der Waals surface area contributed by atoms with Crippen molar-refractivity contribution in [2.75, 3.05) is 27.2 Å². The van der Waals surface area contributed by atoms with Crippen LogP contribution in [0.2, 0.25) is 0 Å². The normalized spacial score (nSPS) is 12.0. The van der Waals surface area contributed by atoms with E-state index in [1.54, 1.807) is 14.2 Å². The van der Waals surface area contributed by atoms with E-state index in [1.165, 1.54) is 5.69 Å². The predicted molar refractivity (Wildman–Crippen MR) is 102 cm³/mol. The fourth-order valence-corrected chi connectivity index (χ4v) is 1.93. The number of methoxy groups -OCH3 is 1. The quantitative estimate of drug-likeness (QED) is 0.305. The topological polar surface area (TPSA) is 63.5 Å². The van der Waals surface area contributed by atoms with E-state index < -0.39 is 0 Å². The van der Waals surface area contributed by atoms with Crippen molar-refractivity contribution in [3.63, 3.8) is 0 Å². The summed E-state index contributed by atoms with van der Waals surface area (Å²) in [6.45, 7) is 10.7. The summed E-state index contributed by atoms with van der Waals surface area (Å²) in [6, 6.07) is 2.10. The summed E-state index contributed by atoms with van der Waals surface area (Å²) in [5, 5.41) is 11.0. The van der Waals surface area contributed by atoms with E-state index >= 15 is 0 Å². The van der Waals surface area contributed by atoms with Crippen molar-refractivity contribution in [2.24, 2.45) is 4.99 Å². The lowest BCUT2D eigenvalue weighted by Crippen LogP contribution is -2.45. The minimum absolute atomic E-state index is 0. The first-order valence-corrected chi connectivity index (χ1v) is 7.38. The fraction of sp³-hybridized carbons (Fsp3) is 0.733. The molecule has 0 bridgehead atoms. The van der Waals surface area contributed by atoms with Gasteiger partial charge in [0.2, 0.25) is 0 Å². The zero-order chi connectivity index (χ0) is 15.9. The number of aryl methyl sites for hydroxylation is 3. The molecule has 1 heterocycles. The molecule has 0 spiro atoms. The second-order valence-electron chi connectivity index (χ2n) is 5.82. The van der Waals surface area contributed by atoms with Gasteiger partial charge in [0.25, 0.3) is 0 Å². The highest BCUT2D eigenvalue weighted by Gasteiger charge is 2.16. The van der Waals surface area contributed by atoms with Crippen LogP contribution in [0, 0.1) is 13.8 Å². The van der Waals surface area contributed by atoms with Crippen LogP contribution in [0.5, 0.6) is 0 Å². The lowest BCUT2D eigenvalue weighted by atomic mass is 10.1. The monoisotopic (exact) mass is 423 g/mol. The first-order valence-electron chi connectivity index (χ1n) is 7.38. The third-order valence-electron chi connectivity index (χ3n) is 3.40. The highest BCUT2D eigenvalue weighted by atomic mass is 127. The minimum atomic E-state index is -0.207. The zero-order valence-electron chi connectivity index (χ0n) is 14.6. The molecule has 0 saturated carbocycles. The molecule has 0 aromatic carbocycles. The SMILES string of the molecule is CN=C(NCCCn1nc(C)cc1C)NCC(C)(C)OC.I. The van der Waals surface area contributed by atoms with Gasteiger partial charge in [0, 0.05) is 39.5 Å². The Kier molecular flexibility index (Phi) is 9.66. The molecule has 0 saturated heterocycles. The average molecular weight is 423 g/mol. The molecule has 0 aliphatic carbocycles. The largest absolute Gasteiger partial charge is 0.377 e. The molecule has 1 aromatic rings. The van der Waals surface area contributed by atoms with Crippen molar-refractivity contribution < 1.29 is 4.74 Å². The number of halogens is 1. The number of nitrogens with one attached hydrogen (secondary N) is 2. The van der Waals surface area contributed by atoms with E-state index in [2.05, 4.69) is 33.7 Å². The Morgan fingerprint density at radius 2 is 2.05 bits per heavy atom. The fourth-order valence-electron chi connectivity index (χ4n) is 1.93. The van der Waals surface area contributed by atoms with Crippen molar-refractivity contribution in [3.8, 4) is 0 Å². The van der Waals surface area contributed by atoms with Gasteiger partial charge in [-0.3, -0.25) is 9.67 Å². The molecule has 0 unspecified atom stereocenters. The van der Waals surface area contributed by atoms with Gasteiger partial charge >= 0.3 is 0 Å². The van der Waals surface area contributed by atoms with Crippen LogP contribution in [0.4, 0.5) is 0 Å². The maximum absolute atomic E-state index is 5.37. The number of guanidine groups is 1. The molecule has 0 atom stereocenters. The van der Waals surface area contributed by atoms with Gasteiger partial charge in [0.1, 0.15) is 0 Å². The van der Waals surface area contributed by atoms with Crippen LogP contribution < -0.4 is 10.6 Å². The molecule has 0 fully saturated rings. The van der Waals surface area contributed by atoms with Gasteiger partial charge in [-0.15, -0.1) is 24.0 Å². The molecule has 1 aromatic heterocycles. The smallest absolute Gasteiger partial charge is 0.191 e. The predicted octanol–water partition coefficient (Wildman–Crippen LogP) is 2.10. The molecule has 0 radical (unpaired) electrons. The maximum atomic E-state index is 5.37. The molecule has 7 heteroatoms. The van der Waals surface area contributed by atoms with Crippen molar-refractivity contribution in [1.29, 1.82) is 0 Å². The van der Waals surface area contributed by atoms with Crippen molar-refractivity contribution >= 4 is 29.9 Å². The number of rotatable bonds is 7. The van der Waals surface area contributed by atoms with E-state index in [0.29, 0.717) is 6.54 Å². The molecule has 0 aliphatic rings. The molecule has 1 rings (SSSR count). The van der Waals surface area contributed by atoms with E-state index in [9.17, 15) is 0 Å². The molecule has 22 heavy (non-hydrogen) atoms. The van der Waals surface area contributed by atoms with Crippen LogP contribution in [0.15, 0.2) is 11.1 Å². The van der Waals surface area contributed by atoms with Gasteiger partial charge in [-0.05, 0) is 40.2 Å². The second kappa shape index (κ2) is 10.0. The maximum Gasteiger partial charge on any atom is 0.191 e. The molecule has 0 aliphatic heterocycles. The Balaban J connectivity index is 0.00000441. The van der Waals surface area contributed by atoms with Crippen LogP contribution >= 0.6 is 24.0 Å². The highest BCUT2D eigenvalue weighted by Crippen LogP contribution is 2.04. The van der Waals surface area contributed by atoms with Crippen molar-refractivity contribution in [1.82, 2.24) is 20.4 Å². The average Bonchev–Trinajstić information content (AvgIpc) is 2.76. The molecule has 6 nitrogen and oxygen atoms in total. The van der Waals surface area contributed by atoms with E-state index in [4.69, 9.17) is 4.74 Å². The molecule has 2 N–H and O–H groups in total. The van der Waals surface area contributed by atoms with Crippen LogP contribution in [0.1, 0.15) is 31.7 Å². The minimum Gasteiger partial charge on any atom is -0.377 e. The van der Waals surface area contributed by atoms with Gasteiger partial charge in [0.15, 0.2) is 5.96 Å².